The van der Waals surface area contributed by atoms with Crippen molar-refractivity contribution >= 4 is 5.91 Å². The number of benzene rings is 2. The molecule has 0 saturated heterocycles. The van der Waals surface area contributed by atoms with Gasteiger partial charge in [0, 0.05) is 25.7 Å². The largest absolute Gasteiger partial charge is 0.354 e. The fourth-order valence-electron chi connectivity index (χ4n) is 3.55. The monoisotopic (exact) mass is 336 g/mol. The smallest absolute Gasteiger partial charge is 0.224 e. The van der Waals surface area contributed by atoms with Gasteiger partial charge in [-0.25, -0.2) is 0 Å². The Labute approximate surface area is 151 Å². The molecule has 0 radical (unpaired) electrons. The Bertz CT molecular complexity index is 708. The zero-order valence-corrected chi connectivity index (χ0v) is 15.3. The quantitative estimate of drug-likeness (QED) is 0.876. The SMILES string of the molecule is CCC(CNC(=O)Cc1ccc(C)cc1)N1CCc2ccccc2C1. The Morgan fingerprint density at radius 1 is 1.12 bits per heavy atom. The van der Waals surface area contributed by atoms with Crippen LogP contribution in [0.15, 0.2) is 48.5 Å². The molecule has 1 aliphatic heterocycles. The molecular weight excluding hydrogens is 308 g/mol. The Morgan fingerprint density at radius 3 is 2.56 bits per heavy atom. The van der Waals surface area contributed by atoms with Gasteiger partial charge in [-0.05, 0) is 36.5 Å². The molecule has 132 valence electrons. The molecule has 1 aliphatic rings. The van der Waals surface area contributed by atoms with Gasteiger partial charge in [0.05, 0.1) is 6.42 Å². The molecule has 0 saturated carbocycles. The molecule has 1 amide bonds. The molecule has 3 nitrogen and oxygen atoms in total. The normalized spacial score (nSPS) is 15.4. The van der Waals surface area contributed by atoms with Crippen molar-refractivity contribution in [2.75, 3.05) is 13.1 Å². The summed E-state index contributed by atoms with van der Waals surface area (Å²) in [5.74, 6) is 0.111. The van der Waals surface area contributed by atoms with Crippen LogP contribution in [0.1, 0.15) is 35.6 Å². The highest BCUT2D eigenvalue weighted by Gasteiger charge is 2.22. The summed E-state index contributed by atoms with van der Waals surface area (Å²) in [7, 11) is 0. The molecule has 2 aromatic carbocycles. The number of nitrogens with zero attached hydrogens (tertiary/aromatic N) is 1. The van der Waals surface area contributed by atoms with Crippen LogP contribution < -0.4 is 5.32 Å². The van der Waals surface area contributed by atoms with Crippen LogP contribution in [0.3, 0.4) is 0 Å². The average Bonchev–Trinajstić information content (AvgIpc) is 2.64. The summed E-state index contributed by atoms with van der Waals surface area (Å²) in [6, 6.07) is 17.3. The average molecular weight is 336 g/mol. The highest BCUT2D eigenvalue weighted by molar-refractivity contribution is 5.78. The van der Waals surface area contributed by atoms with E-state index in [1.54, 1.807) is 0 Å². The van der Waals surface area contributed by atoms with Crippen molar-refractivity contribution in [3.63, 3.8) is 0 Å². The van der Waals surface area contributed by atoms with E-state index in [2.05, 4.69) is 60.5 Å². The standard InChI is InChI=1S/C22H28N2O/c1-3-21(24-13-12-19-6-4-5-7-20(19)16-24)15-23-22(25)14-18-10-8-17(2)9-11-18/h4-11,21H,3,12-16H2,1-2H3,(H,23,25). The Hall–Kier alpha value is -2.13. The second-order valence-electron chi connectivity index (χ2n) is 7.02. The molecular formula is C22H28N2O. The summed E-state index contributed by atoms with van der Waals surface area (Å²) in [4.78, 5) is 14.8. The number of hydrogen-bond donors (Lipinski definition) is 1. The van der Waals surface area contributed by atoms with Crippen molar-refractivity contribution < 1.29 is 4.79 Å². The van der Waals surface area contributed by atoms with E-state index in [4.69, 9.17) is 0 Å². The van der Waals surface area contributed by atoms with Crippen molar-refractivity contribution in [1.82, 2.24) is 10.2 Å². The van der Waals surface area contributed by atoms with Gasteiger partial charge >= 0.3 is 0 Å². The number of aryl methyl sites for hydroxylation is 1. The van der Waals surface area contributed by atoms with E-state index in [1.165, 1.54) is 16.7 Å². The zero-order chi connectivity index (χ0) is 17.6. The second-order valence-corrected chi connectivity index (χ2v) is 7.02. The van der Waals surface area contributed by atoms with Crippen molar-refractivity contribution in [3.8, 4) is 0 Å². The maximum atomic E-state index is 12.3. The first-order valence-electron chi connectivity index (χ1n) is 9.28. The maximum absolute atomic E-state index is 12.3. The van der Waals surface area contributed by atoms with Gasteiger partial charge in [0.15, 0.2) is 0 Å². The van der Waals surface area contributed by atoms with E-state index < -0.39 is 0 Å². The first-order chi connectivity index (χ1) is 12.2. The number of amides is 1. The number of carbonyl (C=O) groups excluding carboxylic acids is 1. The van der Waals surface area contributed by atoms with Crippen LogP contribution in [0.25, 0.3) is 0 Å². The highest BCUT2D eigenvalue weighted by atomic mass is 16.1. The lowest BCUT2D eigenvalue weighted by Crippen LogP contribution is -2.46. The zero-order valence-electron chi connectivity index (χ0n) is 15.3. The van der Waals surface area contributed by atoms with Gasteiger partial charge in [-0.3, -0.25) is 9.69 Å². The van der Waals surface area contributed by atoms with E-state index in [9.17, 15) is 4.79 Å². The molecule has 3 heteroatoms. The molecule has 1 N–H and O–H groups in total. The number of fused-ring (bicyclic) bond motifs is 1. The fraction of sp³-hybridized carbons (Fsp3) is 0.409. The third-order valence-electron chi connectivity index (χ3n) is 5.17. The van der Waals surface area contributed by atoms with Gasteiger partial charge in [-0.1, -0.05) is 61.0 Å². The molecule has 1 unspecified atom stereocenters. The maximum Gasteiger partial charge on any atom is 0.224 e. The third kappa shape index (κ3) is 4.70. The minimum atomic E-state index is 0.111. The van der Waals surface area contributed by atoms with Crippen LogP contribution in [-0.4, -0.2) is 29.9 Å². The van der Waals surface area contributed by atoms with E-state index in [-0.39, 0.29) is 5.91 Å². The molecule has 0 aliphatic carbocycles. The van der Waals surface area contributed by atoms with Crippen LogP contribution in [0.2, 0.25) is 0 Å². The van der Waals surface area contributed by atoms with Crippen molar-refractivity contribution in [2.45, 2.75) is 45.7 Å². The first kappa shape index (κ1) is 17.7. The number of hydrogen-bond acceptors (Lipinski definition) is 2. The summed E-state index contributed by atoms with van der Waals surface area (Å²) in [6.45, 7) is 7.05. The lowest BCUT2D eigenvalue weighted by atomic mass is 9.98. The Kier molecular flexibility index (Phi) is 5.87. The van der Waals surface area contributed by atoms with Crippen molar-refractivity contribution in [3.05, 3.63) is 70.8 Å². The number of rotatable bonds is 6. The number of nitrogens with one attached hydrogen (secondary N) is 1. The van der Waals surface area contributed by atoms with Crippen LogP contribution in [-0.2, 0) is 24.2 Å². The molecule has 0 bridgehead atoms. The summed E-state index contributed by atoms with van der Waals surface area (Å²) in [5, 5.41) is 3.14. The van der Waals surface area contributed by atoms with Crippen LogP contribution in [0, 0.1) is 6.92 Å². The summed E-state index contributed by atoms with van der Waals surface area (Å²) in [5.41, 5.74) is 5.19. The van der Waals surface area contributed by atoms with E-state index in [1.807, 2.05) is 12.1 Å². The summed E-state index contributed by atoms with van der Waals surface area (Å²) in [6.07, 6.45) is 2.61. The van der Waals surface area contributed by atoms with Crippen LogP contribution >= 0.6 is 0 Å². The lowest BCUT2D eigenvalue weighted by Gasteiger charge is -2.35. The number of carbonyl (C=O) groups is 1. The van der Waals surface area contributed by atoms with Crippen molar-refractivity contribution in [2.24, 2.45) is 0 Å². The molecule has 1 heterocycles. The van der Waals surface area contributed by atoms with E-state index in [0.717, 1.165) is 38.0 Å². The van der Waals surface area contributed by atoms with Crippen LogP contribution in [0.4, 0.5) is 0 Å². The molecule has 3 rings (SSSR count). The Balaban J connectivity index is 1.52. The second kappa shape index (κ2) is 8.30. The molecule has 1 atom stereocenters. The highest BCUT2D eigenvalue weighted by Crippen LogP contribution is 2.21. The van der Waals surface area contributed by atoms with E-state index in [0.29, 0.717) is 12.5 Å². The minimum absolute atomic E-state index is 0.111. The molecule has 0 fully saturated rings. The molecule has 0 aromatic heterocycles. The van der Waals surface area contributed by atoms with Gasteiger partial charge < -0.3 is 5.32 Å². The van der Waals surface area contributed by atoms with Gasteiger partial charge in [0.25, 0.3) is 0 Å². The molecule has 0 spiro atoms. The lowest BCUT2D eigenvalue weighted by molar-refractivity contribution is -0.120. The van der Waals surface area contributed by atoms with Crippen LogP contribution in [0.5, 0.6) is 0 Å². The Morgan fingerprint density at radius 2 is 1.84 bits per heavy atom. The van der Waals surface area contributed by atoms with Gasteiger partial charge in [0.1, 0.15) is 0 Å². The molecule has 2 aromatic rings. The van der Waals surface area contributed by atoms with Gasteiger partial charge in [-0.2, -0.15) is 0 Å². The summed E-state index contributed by atoms with van der Waals surface area (Å²) >= 11 is 0. The minimum Gasteiger partial charge on any atom is -0.354 e. The molecule has 25 heavy (non-hydrogen) atoms. The third-order valence-corrected chi connectivity index (χ3v) is 5.17. The van der Waals surface area contributed by atoms with E-state index >= 15 is 0 Å². The predicted molar refractivity (Wildman–Crippen MR) is 103 cm³/mol. The van der Waals surface area contributed by atoms with Gasteiger partial charge in [0.2, 0.25) is 5.91 Å². The van der Waals surface area contributed by atoms with Crippen molar-refractivity contribution in [1.29, 1.82) is 0 Å². The predicted octanol–water partition coefficient (Wildman–Crippen LogP) is 3.49. The first-order valence-corrected chi connectivity index (χ1v) is 9.28. The summed E-state index contributed by atoms with van der Waals surface area (Å²) < 4.78 is 0. The fourth-order valence-corrected chi connectivity index (χ4v) is 3.55. The van der Waals surface area contributed by atoms with Gasteiger partial charge in [-0.15, -0.1) is 0 Å². The topological polar surface area (TPSA) is 32.3 Å².